The van der Waals surface area contributed by atoms with E-state index in [9.17, 15) is 0 Å². The van der Waals surface area contributed by atoms with Gasteiger partial charge in [0.2, 0.25) is 0 Å². The van der Waals surface area contributed by atoms with Gasteiger partial charge in [0.1, 0.15) is 23.1 Å². The van der Waals surface area contributed by atoms with Gasteiger partial charge in [-0.15, -0.1) is 41.2 Å². The zero-order chi connectivity index (χ0) is 39.9. The standard InChI is InChI=1S/C27H23N2.C25H16BN2O2.Ir/c1-26(2)21-16-10-15-19-18-13-8-9-14-20(18)25-28-22(17-11-6-5-7-12-17)24(27(26,3)4)29(25)23(19)21;1-14-12-22(27-13-15(14)2)28-16-6-3-8-18-23(16)26-24-17(28)7-4-9-19(24)30-21-11-5-10-20(29-18)25(21)26;/h5-13,15-16H,1-4H3;3-6,8-13H,1-2H3;/q2*-1;. The van der Waals surface area contributed by atoms with E-state index in [1.807, 2.05) is 54.7 Å². The molecular weight excluding hydrogens is 916 g/mol. The number of ether oxygens (including phenoxy) is 2. The predicted molar refractivity (Wildman–Crippen MR) is 239 cm³/mol. The minimum Gasteiger partial charge on any atom is -0.484 e. The predicted octanol–water partition coefficient (Wildman–Crippen LogP) is 10.7. The molecule has 1 radical (unpaired) electrons. The largest absolute Gasteiger partial charge is 0.484 e. The van der Waals surface area contributed by atoms with E-state index in [2.05, 4.69) is 136 Å². The smallest absolute Gasteiger partial charge is 0.199 e. The van der Waals surface area contributed by atoms with Gasteiger partial charge in [0, 0.05) is 65.3 Å². The van der Waals surface area contributed by atoms with Crippen LogP contribution in [0.4, 0.5) is 17.2 Å². The van der Waals surface area contributed by atoms with E-state index in [1.54, 1.807) is 0 Å². The van der Waals surface area contributed by atoms with Crippen molar-refractivity contribution in [1.82, 2.24) is 14.4 Å². The molecule has 0 spiro atoms. The Morgan fingerprint density at radius 3 is 2.12 bits per heavy atom. The van der Waals surface area contributed by atoms with Crippen LogP contribution in [0.5, 0.6) is 23.0 Å². The fraction of sp³-hybridized carbons (Fsp3) is 0.154. The molecule has 6 aromatic carbocycles. The third-order valence-corrected chi connectivity index (χ3v) is 13.8. The van der Waals surface area contributed by atoms with E-state index in [0.29, 0.717) is 0 Å². The molecule has 60 heavy (non-hydrogen) atoms. The summed E-state index contributed by atoms with van der Waals surface area (Å²) in [5.41, 5.74) is 15.0. The van der Waals surface area contributed by atoms with Crippen LogP contribution in [0.1, 0.15) is 50.1 Å². The van der Waals surface area contributed by atoms with Gasteiger partial charge < -0.3 is 18.8 Å². The first kappa shape index (κ1) is 36.8. The Bertz CT molecular complexity index is 3210. The summed E-state index contributed by atoms with van der Waals surface area (Å²) in [6, 6.07) is 48.9. The molecule has 0 saturated heterocycles. The molecule has 3 aromatic heterocycles. The van der Waals surface area contributed by atoms with Gasteiger partial charge in [-0.3, -0.25) is 4.98 Å². The Balaban J connectivity index is 0.000000134. The number of fused-ring (bicyclic) bond motifs is 3. The van der Waals surface area contributed by atoms with Crippen LogP contribution in [0.2, 0.25) is 0 Å². The average molecular weight is 955 g/mol. The zero-order valence-electron chi connectivity index (χ0n) is 34.1. The fourth-order valence-electron chi connectivity index (χ4n) is 10.1. The summed E-state index contributed by atoms with van der Waals surface area (Å²) in [5, 5.41) is 3.60. The fourth-order valence-corrected chi connectivity index (χ4v) is 10.1. The molecule has 7 heterocycles. The number of benzene rings is 6. The normalized spacial score (nSPS) is 15.2. The molecule has 0 saturated carbocycles. The summed E-state index contributed by atoms with van der Waals surface area (Å²) in [5.74, 6) is 4.35. The van der Waals surface area contributed by atoms with Crippen LogP contribution >= 0.6 is 0 Å². The third kappa shape index (κ3) is 4.80. The second-order valence-electron chi connectivity index (χ2n) is 17.3. The van der Waals surface area contributed by atoms with Crippen LogP contribution in [-0.2, 0) is 30.9 Å². The quantitative estimate of drug-likeness (QED) is 0.0982. The summed E-state index contributed by atoms with van der Waals surface area (Å²) >= 11 is 0. The first-order chi connectivity index (χ1) is 28.6. The van der Waals surface area contributed by atoms with Crippen LogP contribution in [0, 0.1) is 26.0 Å². The van der Waals surface area contributed by atoms with Crippen molar-refractivity contribution in [2.24, 2.45) is 0 Å². The third-order valence-electron chi connectivity index (χ3n) is 13.8. The summed E-state index contributed by atoms with van der Waals surface area (Å²) < 4.78 is 15.1. The van der Waals surface area contributed by atoms with E-state index in [0.717, 1.165) is 73.3 Å². The SMILES string of the molecule is CC1(C)c2cccc3c4ccc[c-]c4c4nc(-c5ccccc5)c(n4c23)C1(C)C.Cc1cnc(N2c3[c-]ccc4c3B3c5c(cccc5Oc5cccc2c53)O4)cc1C.[Ir]. The van der Waals surface area contributed by atoms with Gasteiger partial charge in [0.05, 0.1) is 11.3 Å². The van der Waals surface area contributed by atoms with E-state index in [4.69, 9.17) is 19.4 Å². The second-order valence-corrected chi connectivity index (χ2v) is 17.3. The van der Waals surface area contributed by atoms with Gasteiger partial charge in [0.15, 0.2) is 6.71 Å². The Kier molecular flexibility index (Phi) is 7.92. The summed E-state index contributed by atoms with van der Waals surface area (Å²) in [6.07, 6.45) is 1.93. The van der Waals surface area contributed by atoms with E-state index >= 15 is 0 Å². The van der Waals surface area contributed by atoms with Crippen molar-refractivity contribution in [3.63, 3.8) is 0 Å². The van der Waals surface area contributed by atoms with Gasteiger partial charge >= 0.3 is 0 Å². The number of pyridine rings is 2. The van der Waals surface area contributed by atoms with Crippen LogP contribution in [0.15, 0.2) is 128 Å². The Hall–Kier alpha value is -6.21. The number of aryl methyl sites for hydroxylation is 2. The van der Waals surface area contributed by atoms with Crippen molar-refractivity contribution < 1.29 is 29.6 Å². The maximum atomic E-state index is 6.34. The Morgan fingerprint density at radius 1 is 0.650 bits per heavy atom. The van der Waals surface area contributed by atoms with Crippen molar-refractivity contribution in [2.45, 2.75) is 52.4 Å². The van der Waals surface area contributed by atoms with Crippen molar-refractivity contribution in [3.8, 4) is 34.3 Å². The molecule has 0 aliphatic carbocycles. The maximum Gasteiger partial charge on any atom is 0.199 e. The topological polar surface area (TPSA) is 51.9 Å². The molecule has 4 aliphatic rings. The number of para-hydroxylation sites is 1. The molecule has 0 N–H and O–H groups in total. The van der Waals surface area contributed by atoms with Crippen LogP contribution < -0.4 is 30.8 Å². The molecule has 0 fully saturated rings. The number of rotatable bonds is 2. The molecule has 0 bridgehead atoms. The number of hydrogen-bond donors (Lipinski definition) is 0. The summed E-state index contributed by atoms with van der Waals surface area (Å²) in [6.45, 7) is 13.7. The van der Waals surface area contributed by atoms with Crippen LogP contribution in [0.25, 0.3) is 38.6 Å². The van der Waals surface area contributed by atoms with Crippen LogP contribution in [0.3, 0.4) is 0 Å². The van der Waals surface area contributed by atoms with E-state index in [1.165, 1.54) is 44.2 Å². The monoisotopic (exact) mass is 955 g/mol. The van der Waals surface area contributed by atoms with Gasteiger partial charge in [-0.2, -0.15) is 12.1 Å². The van der Waals surface area contributed by atoms with E-state index < -0.39 is 0 Å². The maximum absolute atomic E-state index is 6.34. The molecule has 293 valence electrons. The van der Waals surface area contributed by atoms with Gasteiger partial charge in [-0.1, -0.05) is 99.4 Å². The molecule has 0 atom stereocenters. The minimum absolute atomic E-state index is 0. The molecule has 0 amide bonds. The molecule has 13 rings (SSSR count). The average Bonchev–Trinajstić information content (AvgIpc) is 3.67. The van der Waals surface area contributed by atoms with Gasteiger partial charge in [-0.05, 0) is 77.2 Å². The van der Waals surface area contributed by atoms with Gasteiger partial charge in [0.25, 0.3) is 0 Å². The molecule has 0 unspecified atom stereocenters. The van der Waals surface area contributed by atoms with E-state index in [-0.39, 0.29) is 37.6 Å². The number of imidazole rings is 1. The van der Waals surface area contributed by atoms with Crippen molar-refractivity contribution in [2.75, 3.05) is 4.90 Å². The second kappa shape index (κ2) is 12.9. The van der Waals surface area contributed by atoms with Gasteiger partial charge in [-0.25, -0.2) is 4.98 Å². The number of hydrogen-bond acceptors (Lipinski definition) is 5. The molecule has 9 aromatic rings. The van der Waals surface area contributed by atoms with Crippen molar-refractivity contribution in [1.29, 1.82) is 0 Å². The molecule has 4 aliphatic heterocycles. The number of anilines is 3. The summed E-state index contributed by atoms with van der Waals surface area (Å²) in [7, 11) is 0. The minimum atomic E-state index is -0.0959. The molecule has 8 heteroatoms. The molecular formula is C52H39BIrN4O2-2. The number of aromatic nitrogens is 3. The van der Waals surface area contributed by atoms with Crippen LogP contribution in [-0.4, -0.2) is 21.1 Å². The van der Waals surface area contributed by atoms with Crippen molar-refractivity contribution in [3.05, 3.63) is 162 Å². The Labute approximate surface area is 363 Å². The zero-order valence-corrected chi connectivity index (χ0v) is 36.5. The first-order valence-corrected chi connectivity index (χ1v) is 20.4. The first-order valence-electron chi connectivity index (χ1n) is 20.4. The van der Waals surface area contributed by atoms with Crippen molar-refractivity contribution >= 4 is 67.6 Å². The summed E-state index contributed by atoms with van der Waals surface area (Å²) in [4.78, 5) is 12.2. The number of nitrogens with zero attached hydrogens (tertiary/aromatic N) is 4. The molecule has 6 nitrogen and oxygen atoms in total. The Morgan fingerprint density at radius 2 is 1.35 bits per heavy atom.